The molecule has 1 heterocycles. The Balaban J connectivity index is 2.09. The molecule has 4 heteroatoms. The molecule has 0 aromatic carbocycles. The number of ether oxygens (including phenoxy) is 1. The van der Waals surface area contributed by atoms with E-state index in [1.54, 1.807) is 19.5 Å². The molecule has 1 fully saturated rings. The van der Waals surface area contributed by atoms with E-state index in [-0.39, 0.29) is 6.10 Å². The van der Waals surface area contributed by atoms with E-state index in [0.29, 0.717) is 5.92 Å². The smallest absolute Gasteiger partial charge is 0.115 e. The molecule has 2 rings (SSSR count). The van der Waals surface area contributed by atoms with E-state index in [1.807, 2.05) is 0 Å². The molecule has 0 saturated heterocycles. The molecule has 1 aliphatic rings. The van der Waals surface area contributed by atoms with Crippen molar-refractivity contribution >= 4 is 0 Å². The first-order valence-electron chi connectivity index (χ1n) is 4.78. The Labute approximate surface area is 83.0 Å². The van der Waals surface area contributed by atoms with Crippen LogP contribution in [0.3, 0.4) is 0 Å². The number of methoxy groups -OCH3 is 1. The van der Waals surface area contributed by atoms with Gasteiger partial charge < -0.3 is 9.84 Å². The van der Waals surface area contributed by atoms with E-state index in [9.17, 15) is 5.11 Å². The van der Waals surface area contributed by atoms with Crippen molar-refractivity contribution in [1.82, 2.24) is 9.97 Å². The molecule has 14 heavy (non-hydrogen) atoms. The maximum absolute atomic E-state index is 9.99. The summed E-state index contributed by atoms with van der Waals surface area (Å²) >= 11 is 0. The molecule has 1 aliphatic carbocycles. The van der Waals surface area contributed by atoms with Crippen molar-refractivity contribution < 1.29 is 9.84 Å². The molecule has 1 aromatic heterocycles. The summed E-state index contributed by atoms with van der Waals surface area (Å²) in [7, 11) is 1.63. The van der Waals surface area contributed by atoms with Crippen molar-refractivity contribution in [2.24, 2.45) is 5.92 Å². The Bertz CT molecular complexity index is 287. The molecular formula is C10H14N2O2. The first kappa shape index (κ1) is 9.55. The van der Waals surface area contributed by atoms with Crippen LogP contribution in [0.5, 0.6) is 0 Å². The molecule has 76 valence electrons. The molecule has 1 saturated carbocycles. The van der Waals surface area contributed by atoms with Crippen molar-refractivity contribution in [3.05, 3.63) is 24.3 Å². The van der Waals surface area contributed by atoms with Crippen LogP contribution < -0.4 is 0 Å². The first-order chi connectivity index (χ1) is 6.83. The molecule has 2 atom stereocenters. The van der Waals surface area contributed by atoms with Gasteiger partial charge in [-0.3, -0.25) is 0 Å². The quantitative estimate of drug-likeness (QED) is 0.774. The van der Waals surface area contributed by atoms with Crippen LogP contribution >= 0.6 is 0 Å². The van der Waals surface area contributed by atoms with Crippen LogP contribution in [0.2, 0.25) is 0 Å². The lowest BCUT2D eigenvalue weighted by molar-refractivity contribution is -0.0262. The Kier molecular flexibility index (Phi) is 2.74. The number of hydrogen-bond acceptors (Lipinski definition) is 4. The minimum atomic E-state index is -0.603. The molecule has 1 N–H and O–H groups in total. The van der Waals surface area contributed by atoms with Gasteiger partial charge in [-0.15, -0.1) is 0 Å². The second-order valence-corrected chi connectivity index (χ2v) is 3.65. The zero-order valence-electron chi connectivity index (χ0n) is 8.13. The first-order valence-corrected chi connectivity index (χ1v) is 4.78. The standard InChI is InChI=1S/C10H14N2O2/c1-14-10(7-2-3-7)9(13)8-4-11-6-12-5-8/h4-7,9-10,13H,2-3H2,1H3. The van der Waals surface area contributed by atoms with E-state index < -0.39 is 6.10 Å². The second-order valence-electron chi connectivity index (χ2n) is 3.65. The third-order valence-corrected chi connectivity index (χ3v) is 2.59. The maximum atomic E-state index is 9.99. The van der Waals surface area contributed by atoms with Crippen LogP contribution in [-0.2, 0) is 4.74 Å². The van der Waals surface area contributed by atoms with Crippen molar-refractivity contribution in [2.75, 3.05) is 7.11 Å². The molecular weight excluding hydrogens is 180 g/mol. The van der Waals surface area contributed by atoms with Crippen LogP contribution in [0.1, 0.15) is 24.5 Å². The van der Waals surface area contributed by atoms with Crippen LogP contribution in [0, 0.1) is 5.92 Å². The van der Waals surface area contributed by atoms with Crippen LogP contribution in [0.25, 0.3) is 0 Å². The molecule has 0 radical (unpaired) electrons. The largest absolute Gasteiger partial charge is 0.386 e. The highest BCUT2D eigenvalue weighted by atomic mass is 16.5. The summed E-state index contributed by atoms with van der Waals surface area (Å²) in [4.78, 5) is 7.75. The fraction of sp³-hybridized carbons (Fsp3) is 0.600. The summed E-state index contributed by atoms with van der Waals surface area (Å²) < 4.78 is 5.28. The average Bonchev–Trinajstić information content (AvgIpc) is 3.04. The number of aliphatic hydroxyl groups is 1. The summed E-state index contributed by atoms with van der Waals surface area (Å²) in [6, 6.07) is 0. The third-order valence-electron chi connectivity index (χ3n) is 2.59. The fourth-order valence-corrected chi connectivity index (χ4v) is 1.66. The SMILES string of the molecule is COC(C1CC1)C(O)c1cncnc1. The van der Waals surface area contributed by atoms with Crippen LogP contribution in [0.15, 0.2) is 18.7 Å². The van der Waals surface area contributed by atoms with Crippen molar-refractivity contribution in [3.63, 3.8) is 0 Å². The molecule has 0 spiro atoms. The van der Waals surface area contributed by atoms with Gasteiger partial charge in [-0.1, -0.05) is 0 Å². The van der Waals surface area contributed by atoms with Gasteiger partial charge in [0.25, 0.3) is 0 Å². The number of hydrogen-bond donors (Lipinski definition) is 1. The summed E-state index contributed by atoms with van der Waals surface area (Å²) in [5.41, 5.74) is 0.728. The Morgan fingerprint density at radius 1 is 1.43 bits per heavy atom. The van der Waals surface area contributed by atoms with Gasteiger partial charge in [0.1, 0.15) is 12.4 Å². The number of nitrogens with zero attached hydrogens (tertiary/aromatic N) is 2. The minimum Gasteiger partial charge on any atom is -0.386 e. The summed E-state index contributed by atoms with van der Waals surface area (Å²) in [6.45, 7) is 0. The van der Waals surface area contributed by atoms with Gasteiger partial charge in [-0.25, -0.2) is 9.97 Å². The summed E-state index contributed by atoms with van der Waals surface area (Å²) in [5, 5.41) is 9.99. The van der Waals surface area contributed by atoms with Gasteiger partial charge in [0.2, 0.25) is 0 Å². The number of aliphatic hydroxyl groups excluding tert-OH is 1. The molecule has 1 aromatic rings. The molecule has 4 nitrogen and oxygen atoms in total. The zero-order valence-corrected chi connectivity index (χ0v) is 8.13. The Morgan fingerprint density at radius 3 is 2.57 bits per heavy atom. The van der Waals surface area contributed by atoms with Crippen molar-refractivity contribution in [3.8, 4) is 0 Å². The van der Waals surface area contributed by atoms with E-state index >= 15 is 0 Å². The molecule has 0 aliphatic heterocycles. The van der Waals surface area contributed by atoms with Gasteiger partial charge in [0, 0.05) is 25.1 Å². The summed E-state index contributed by atoms with van der Waals surface area (Å²) in [5.74, 6) is 0.496. The van der Waals surface area contributed by atoms with Gasteiger partial charge in [-0.2, -0.15) is 0 Å². The van der Waals surface area contributed by atoms with E-state index in [0.717, 1.165) is 18.4 Å². The lowest BCUT2D eigenvalue weighted by Crippen LogP contribution is -2.23. The fourth-order valence-electron chi connectivity index (χ4n) is 1.66. The van der Waals surface area contributed by atoms with Crippen LogP contribution in [-0.4, -0.2) is 28.3 Å². The van der Waals surface area contributed by atoms with Crippen LogP contribution in [0.4, 0.5) is 0 Å². The highest BCUT2D eigenvalue weighted by Crippen LogP contribution is 2.39. The Hall–Kier alpha value is -1.00. The highest BCUT2D eigenvalue weighted by molar-refractivity contribution is 5.10. The van der Waals surface area contributed by atoms with E-state index in [2.05, 4.69) is 9.97 Å². The molecule has 0 amide bonds. The van der Waals surface area contributed by atoms with Crippen molar-refractivity contribution in [1.29, 1.82) is 0 Å². The van der Waals surface area contributed by atoms with Gasteiger partial charge in [0.15, 0.2) is 0 Å². The van der Waals surface area contributed by atoms with E-state index in [1.165, 1.54) is 6.33 Å². The highest BCUT2D eigenvalue weighted by Gasteiger charge is 2.36. The Morgan fingerprint density at radius 2 is 2.07 bits per heavy atom. The second kappa shape index (κ2) is 4.02. The molecule has 2 unspecified atom stereocenters. The maximum Gasteiger partial charge on any atom is 0.115 e. The normalized spacial score (nSPS) is 20.4. The van der Waals surface area contributed by atoms with E-state index in [4.69, 9.17) is 4.74 Å². The van der Waals surface area contributed by atoms with Gasteiger partial charge in [0.05, 0.1) is 6.10 Å². The average molecular weight is 194 g/mol. The monoisotopic (exact) mass is 194 g/mol. The predicted molar refractivity (Wildman–Crippen MR) is 50.5 cm³/mol. The number of aromatic nitrogens is 2. The lowest BCUT2D eigenvalue weighted by atomic mass is 10.0. The third kappa shape index (κ3) is 1.91. The van der Waals surface area contributed by atoms with Crippen molar-refractivity contribution in [2.45, 2.75) is 25.0 Å². The number of rotatable bonds is 4. The topological polar surface area (TPSA) is 55.2 Å². The lowest BCUT2D eigenvalue weighted by Gasteiger charge is -2.20. The van der Waals surface area contributed by atoms with Gasteiger partial charge >= 0.3 is 0 Å². The molecule has 0 bridgehead atoms. The summed E-state index contributed by atoms with van der Waals surface area (Å²) in [6.07, 6.45) is 6.29. The zero-order chi connectivity index (χ0) is 9.97. The predicted octanol–water partition coefficient (Wildman–Crippen LogP) is 0.935. The minimum absolute atomic E-state index is 0.110. The van der Waals surface area contributed by atoms with Gasteiger partial charge in [-0.05, 0) is 18.8 Å².